The average Bonchev–Trinajstić information content (AvgIpc) is 3.42. The number of hydrogen-bond donors (Lipinski definition) is 1. The Balaban J connectivity index is 1.30. The lowest BCUT2D eigenvalue weighted by Crippen LogP contribution is -2.50. The lowest BCUT2D eigenvalue weighted by molar-refractivity contribution is -0.0576. The molecule has 0 radical (unpaired) electrons. The summed E-state index contributed by atoms with van der Waals surface area (Å²) in [7, 11) is 0. The Labute approximate surface area is 185 Å². The molecular weight excluding hydrogens is 368 g/mol. The van der Waals surface area contributed by atoms with Crippen LogP contribution in [0.25, 0.3) is 0 Å². The zero-order valence-electron chi connectivity index (χ0n) is 20.3. The smallest absolute Gasteiger partial charge is 0.0939 e. The summed E-state index contributed by atoms with van der Waals surface area (Å²) < 4.78 is 5.92. The van der Waals surface area contributed by atoms with Crippen molar-refractivity contribution in [1.29, 1.82) is 0 Å². The molecule has 1 aliphatic heterocycles. The van der Waals surface area contributed by atoms with Crippen molar-refractivity contribution in [1.82, 2.24) is 0 Å². The molecule has 1 saturated heterocycles. The van der Waals surface area contributed by atoms with Crippen LogP contribution in [-0.2, 0) is 4.74 Å². The Morgan fingerprint density at radius 2 is 1.83 bits per heavy atom. The zero-order valence-corrected chi connectivity index (χ0v) is 20.3. The van der Waals surface area contributed by atoms with Gasteiger partial charge in [-0.15, -0.1) is 0 Å². The predicted octanol–water partition coefficient (Wildman–Crippen LogP) is 6.77. The van der Waals surface area contributed by atoms with E-state index in [9.17, 15) is 5.11 Å². The number of epoxide rings is 1. The molecule has 9 atom stereocenters. The van der Waals surface area contributed by atoms with Gasteiger partial charge in [-0.2, -0.15) is 0 Å². The Kier molecular flexibility index (Phi) is 5.26. The molecule has 0 amide bonds. The molecule has 4 unspecified atom stereocenters. The minimum Gasteiger partial charge on any atom is -0.393 e. The topological polar surface area (TPSA) is 32.8 Å². The van der Waals surface area contributed by atoms with Crippen molar-refractivity contribution in [3.8, 4) is 0 Å². The predicted molar refractivity (Wildman–Crippen MR) is 123 cm³/mol. The van der Waals surface area contributed by atoms with Gasteiger partial charge in [0.1, 0.15) is 0 Å². The highest BCUT2D eigenvalue weighted by atomic mass is 16.6. The summed E-state index contributed by atoms with van der Waals surface area (Å²) in [6.07, 6.45) is 15.3. The van der Waals surface area contributed by atoms with Crippen LogP contribution in [0.4, 0.5) is 0 Å². The maximum absolute atomic E-state index is 10.2. The van der Waals surface area contributed by atoms with E-state index >= 15 is 0 Å². The molecule has 5 rings (SSSR count). The summed E-state index contributed by atoms with van der Waals surface area (Å²) in [4.78, 5) is 0. The molecule has 30 heavy (non-hydrogen) atoms. The van der Waals surface area contributed by atoms with Crippen LogP contribution < -0.4 is 0 Å². The van der Waals surface area contributed by atoms with Crippen molar-refractivity contribution in [2.45, 2.75) is 111 Å². The van der Waals surface area contributed by atoms with Crippen LogP contribution in [0, 0.1) is 46.3 Å². The molecule has 0 aromatic rings. The highest BCUT2D eigenvalue weighted by Crippen LogP contribution is 2.67. The van der Waals surface area contributed by atoms with Gasteiger partial charge in [-0.1, -0.05) is 46.3 Å². The van der Waals surface area contributed by atoms with E-state index in [4.69, 9.17) is 4.74 Å². The Morgan fingerprint density at radius 3 is 2.53 bits per heavy atom. The quantitative estimate of drug-likeness (QED) is 0.398. The van der Waals surface area contributed by atoms with E-state index in [2.05, 4.69) is 40.7 Å². The summed E-state index contributed by atoms with van der Waals surface area (Å²) in [6.45, 7) is 13.5. The van der Waals surface area contributed by atoms with Crippen LogP contribution in [0.15, 0.2) is 11.6 Å². The molecule has 3 saturated carbocycles. The Hall–Kier alpha value is -0.340. The fraction of sp³-hybridized carbons (Fsp3) is 0.929. The molecule has 5 aliphatic rings. The normalized spacial score (nSPS) is 51.0. The van der Waals surface area contributed by atoms with Gasteiger partial charge in [0.05, 0.1) is 18.3 Å². The zero-order chi connectivity index (χ0) is 21.3. The van der Waals surface area contributed by atoms with Crippen LogP contribution in [0.1, 0.15) is 98.8 Å². The van der Waals surface area contributed by atoms with Gasteiger partial charge in [-0.3, -0.25) is 0 Å². The first-order chi connectivity index (χ1) is 14.2. The molecule has 0 aromatic heterocycles. The lowest BCUT2D eigenvalue weighted by Gasteiger charge is -2.58. The first kappa shape index (κ1) is 21.5. The Bertz CT molecular complexity index is 691. The van der Waals surface area contributed by atoms with Gasteiger partial charge >= 0.3 is 0 Å². The fourth-order valence-electron chi connectivity index (χ4n) is 9.15. The number of rotatable bonds is 5. The molecule has 1 N–H and O–H groups in total. The molecule has 2 heteroatoms. The van der Waals surface area contributed by atoms with E-state index < -0.39 is 0 Å². The second kappa shape index (κ2) is 7.34. The van der Waals surface area contributed by atoms with Crippen LogP contribution in [-0.4, -0.2) is 23.4 Å². The maximum atomic E-state index is 10.2. The van der Waals surface area contributed by atoms with Crippen LogP contribution in [0.5, 0.6) is 0 Å². The Morgan fingerprint density at radius 1 is 1.07 bits per heavy atom. The van der Waals surface area contributed by atoms with Gasteiger partial charge in [0, 0.05) is 0 Å². The highest BCUT2D eigenvalue weighted by molar-refractivity contribution is 5.25. The van der Waals surface area contributed by atoms with Crippen molar-refractivity contribution in [3.63, 3.8) is 0 Å². The van der Waals surface area contributed by atoms with Gasteiger partial charge in [0.15, 0.2) is 0 Å². The first-order valence-electron chi connectivity index (χ1n) is 13.2. The van der Waals surface area contributed by atoms with Crippen molar-refractivity contribution in [2.24, 2.45) is 46.3 Å². The summed E-state index contributed by atoms with van der Waals surface area (Å²) in [6, 6.07) is 0. The molecule has 0 bridgehead atoms. The van der Waals surface area contributed by atoms with Crippen molar-refractivity contribution < 1.29 is 9.84 Å². The lowest BCUT2D eigenvalue weighted by atomic mass is 9.47. The summed E-state index contributed by atoms with van der Waals surface area (Å²) in [5, 5.41) is 10.2. The highest BCUT2D eigenvalue weighted by Gasteiger charge is 2.59. The molecule has 0 spiro atoms. The number of aliphatic hydroxyl groups excluding tert-OH is 1. The van der Waals surface area contributed by atoms with Gasteiger partial charge in [0.25, 0.3) is 0 Å². The van der Waals surface area contributed by atoms with E-state index in [1.54, 1.807) is 5.57 Å². The van der Waals surface area contributed by atoms with E-state index in [-0.39, 0.29) is 11.7 Å². The fourth-order valence-corrected chi connectivity index (χ4v) is 9.15. The van der Waals surface area contributed by atoms with Crippen molar-refractivity contribution in [2.75, 3.05) is 6.61 Å². The largest absolute Gasteiger partial charge is 0.393 e. The van der Waals surface area contributed by atoms with Crippen LogP contribution in [0.2, 0.25) is 0 Å². The summed E-state index contributed by atoms with van der Waals surface area (Å²) >= 11 is 0. The van der Waals surface area contributed by atoms with E-state index in [1.165, 1.54) is 51.4 Å². The van der Waals surface area contributed by atoms with Crippen LogP contribution >= 0.6 is 0 Å². The van der Waals surface area contributed by atoms with Crippen LogP contribution in [0.3, 0.4) is 0 Å². The second-order valence-electron chi connectivity index (χ2n) is 12.9. The minimum atomic E-state index is -0.0870. The summed E-state index contributed by atoms with van der Waals surface area (Å²) in [5.41, 5.74) is 2.75. The third kappa shape index (κ3) is 3.18. The second-order valence-corrected chi connectivity index (χ2v) is 12.9. The molecule has 4 aliphatic carbocycles. The third-order valence-corrected chi connectivity index (χ3v) is 11.4. The maximum Gasteiger partial charge on any atom is 0.0939 e. The van der Waals surface area contributed by atoms with Gasteiger partial charge in [0.2, 0.25) is 0 Å². The molecule has 4 fully saturated rings. The van der Waals surface area contributed by atoms with Crippen molar-refractivity contribution >= 4 is 0 Å². The van der Waals surface area contributed by atoms with Gasteiger partial charge in [-0.25, -0.2) is 0 Å². The third-order valence-electron chi connectivity index (χ3n) is 11.4. The number of ether oxygens (including phenoxy) is 1. The van der Waals surface area contributed by atoms with Crippen molar-refractivity contribution in [3.05, 3.63) is 11.6 Å². The number of fused-ring (bicyclic) bond motifs is 5. The minimum absolute atomic E-state index is 0.0870. The molecule has 1 heterocycles. The number of allylic oxidation sites excluding steroid dienone is 1. The molecule has 0 aromatic carbocycles. The number of aliphatic hydroxyl groups is 1. The van der Waals surface area contributed by atoms with E-state index in [1.807, 2.05) is 0 Å². The molecule has 2 nitrogen and oxygen atoms in total. The average molecular weight is 415 g/mol. The van der Waals surface area contributed by atoms with Gasteiger partial charge in [-0.05, 0) is 111 Å². The van der Waals surface area contributed by atoms with E-state index in [0.717, 1.165) is 49.0 Å². The van der Waals surface area contributed by atoms with Gasteiger partial charge < -0.3 is 9.84 Å². The van der Waals surface area contributed by atoms with E-state index in [0.29, 0.717) is 16.7 Å². The molecule has 170 valence electrons. The monoisotopic (exact) mass is 414 g/mol. The summed E-state index contributed by atoms with van der Waals surface area (Å²) in [5.74, 6) is 5.05. The molecular formula is C28H46O2. The number of hydrogen-bond acceptors (Lipinski definition) is 2. The standard InChI is InChI=1S/C28H46O2/c1-18(2)28(17-30-28)15-10-19(3)23-8-9-24-22-7-6-20-16-21(29)11-13-26(20,4)25(22)12-14-27(23,24)5/h6,18-19,21-25,29H,7-17H2,1-5H3/t19-,21+,22?,23?,24?,25?,26+,27-,28+/m1/s1. The SMILES string of the molecule is CC(C)[C@]1(CC[C@@H](C)C2CCC3C4CC=C5C[C@@H](O)CC[C@]5(C)C4CC[C@@]32C)CO1. The first-order valence-corrected chi connectivity index (χ1v) is 13.2.